The second-order valence-electron chi connectivity index (χ2n) is 3.50. The lowest BCUT2D eigenvalue weighted by Gasteiger charge is -2.06. The van der Waals surface area contributed by atoms with Gasteiger partial charge in [0, 0.05) is 9.26 Å². The predicted molar refractivity (Wildman–Crippen MR) is 79.9 cm³/mol. The van der Waals surface area contributed by atoms with Gasteiger partial charge in [-0.3, -0.25) is 0 Å². The molecule has 2 aromatic heterocycles. The molecule has 1 aromatic carbocycles. The van der Waals surface area contributed by atoms with Gasteiger partial charge in [0.25, 0.3) is 0 Å². The van der Waals surface area contributed by atoms with Crippen molar-refractivity contribution in [3.63, 3.8) is 0 Å². The Morgan fingerprint density at radius 3 is 3.00 bits per heavy atom. The molecule has 1 N–H and O–H groups in total. The third-order valence-electron chi connectivity index (χ3n) is 2.35. The summed E-state index contributed by atoms with van der Waals surface area (Å²) < 4.78 is 1.20. The molecule has 17 heavy (non-hydrogen) atoms. The molecule has 0 saturated heterocycles. The number of benzene rings is 1. The lowest BCUT2D eigenvalue weighted by molar-refractivity contribution is 1.23. The van der Waals surface area contributed by atoms with E-state index < -0.39 is 0 Å². The van der Waals surface area contributed by atoms with Crippen LogP contribution in [0.2, 0.25) is 0 Å². The molecule has 0 bridgehead atoms. The number of hydrogen-bond acceptors (Lipinski definition) is 4. The molecule has 0 spiro atoms. The third kappa shape index (κ3) is 2.25. The molecule has 3 rings (SSSR count). The van der Waals surface area contributed by atoms with E-state index in [4.69, 9.17) is 0 Å². The van der Waals surface area contributed by atoms with Crippen molar-refractivity contribution in [3.8, 4) is 0 Å². The molecule has 0 unspecified atom stereocenters. The van der Waals surface area contributed by atoms with Crippen molar-refractivity contribution >= 4 is 55.6 Å². The highest BCUT2D eigenvalue weighted by molar-refractivity contribution is 14.1. The van der Waals surface area contributed by atoms with E-state index in [9.17, 15) is 0 Å². The highest BCUT2D eigenvalue weighted by Gasteiger charge is 2.04. The molecule has 0 aliphatic heterocycles. The average Bonchev–Trinajstić information content (AvgIpc) is 2.78. The van der Waals surface area contributed by atoms with Crippen LogP contribution < -0.4 is 5.32 Å². The van der Waals surface area contributed by atoms with Crippen LogP contribution in [0.5, 0.6) is 0 Å². The fourth-order valence-electron chi connectivity index (χ4n) is 1.59. The number of aromatic nitrogens is 2. The van der Waals surface area contributed by atoms with Crippen LogP contribution in [-0.2, 0) is 0 Å². The quantitative estimate of drug-likeness (QED) is 0.707. The Bertz CT molecular complexity index is 665. The number of thiophene rings is 1. The Hall–Kier alpha value is -1.21. The summed E-state index contributed by atoms with van der Waals surface area (Å²) in [7, 11) is 0. The molecular weight excluding hydrogens is 345 g/mol. The Balaban J connectivity index is 2.02. The molecule has 0 radical (unpaired) electrons. The average molecular weight is 353 g/mol. The molecule has 2 heterocycles. The smallest absolute Gasteiger partial charge is 0.142 e. The van der Waals surface area contributed by atoms with Gasteiger partial charge in [0.15, 0.2) is 0 Å². The fraction of sp³-hybridized carbons (Fsp3) is 0. The lowest BCUT2D eigenvalue weighted by atomic mass is 10.3. The predicted octanol–water partition coefficient (Wildman–Crippen LogP) is 4.04. The number of halogens is 1. The zero-order valence-corrected chi connectivity index (χ0v) is 11.7. The van der Waals surface area contributed by atoms with Crippen molar-refractivity contribution in [2.45, 2.75) is 0 Å². The summed E-state index contributed by atoms with van der Waals surface area (Å²) in [6, 6.07) is 10.2. The molecule has 0 saturated carbocycles. The van der Waals surface area contributed by atoms with Gasteiger partial charge < -0.3 is 5.32 Å². The van der Waals surface area contributed by atoms with Gasteiger partial charge in [0.05, 0.1) is 5.39 Å². The third-order valence-corrected chi connectivity index (χ3v) is 3.84. The minimum absolute atomic E-state index is 0.859. The minimum atomic E-state index is 0.859. The van der Waals surface area contributed by atoms with E-state index in [2.05, 4.69) is 50.0 Å². The van der Waals surface area contributed by atoms with Gasteiger partial charge in [0.2, 0.25) is 0 Å². The van der Waals surface area contributed by atoms with E-state index in [1.54, 1.807) is 17.7 Å². The maximum atomic E-state index is 4.29. The van der Waals surface area contributed by atoms with Crippen LogP contribution in [0.4, 0.5) is 11.5 Å². The molecule has 0 aliphatic carbocycles. The standard InChI is InChI=1S/C12H8IN3S/c13-8-2-1-3-9(6-8)16-11-10-4-5-17-12(10)15-7-14-11/h1-7H,(H,14,15,16). The molecule has 0 aliphatic rings. The van der Waals surface area contributed by atoms with Crippen molar-refractivity contribution < 1.29 is 0 Å². The Morgan fingerprint density at radius 1 is 1.18 bits per heavy atom. The second-order valence-corrected chi connectivity index (χ2v) is 5.64. The highest BCUT2D eigenvalue weighted by Crippen LogP contribution is 2.26. The summed E-state index contributed by atoms with van der Waals surface area (Å²) in [4.78, 5) is 9.52. The number of hydrogen-bond donors (Lipinski definition) is 1. The summed E-state index contributed by atoms with van der Waals surface area (Å²) in [5.41, 5.74) is 1.04. The van der Waals surface area contributed by atoms with E-state index in [0.29, 0.717) is 0 Å². The fourth-order valence-corrected chi connectivity index (χ4v) is 2.87. The summed E-state index contributed by atoms with van der Waals surface area (Å²) in [6.45, 7) is 0. The normalized spacial score (nSPS) is 10.6. The molecule has 0 atom stereocenters. The summed E-state index contributed by atoms with van der Waals surface area (Å²) in [5.74, 6) is 0.859. The molecule has 0 fully saturated rings. The van der Waals surface area contributed by atoms with Crippen molar-refractivity contribution in [3.05, 3.63) is 45.6 Å². The Morgan fingerprint density at radius 2 is 2.12 bits per heavy atom. The molecular formula is C12H8IN3S. The summed E-state index contributed by atoms with van der Waals surface area (Å²) >= 11 is 3.92. The van der Waals surface area contributed by atoms with Gasteiger partial charge in [0.1, 0.15) is 17.0 Å². The van der Waals surface area contributed by atoms with Crippen molar-refractivity contribution in [1.29, 1.82) is 0 Å². The van der Waals surface area contributed by atoms with Crippen LogP contribution in [0, 0.1) is 3.57 Å². The number of rotatable bonds is 2. The van der Waals surface area contributed by atoms with E-state index in [0.717, 1.165) is 21.7 Å². The molecule has 0 amide bonds. The second kappa shape index (κ2) is 4.58. The van der Waals surface area contributed by atoms with E-state index in [-0.39, 0.29) is 0 Å². The SMILES string of the molecule is Ic1cccc(Nc2ncnc3sccc23)c1. The number of fused-ring (bicyclic) bond motifs is 1. The van der Waals surface area contributed by atoms with Crippen molar-refractivity contribution in [1.82, 2.24) is 9.97 Å². The van der Waals surface area contributed by atoms with E-state index in [1.807, 2.05) is 23.6 Å². The molecule has 84 valence electrons. The van der Waals surface area contributed by atoms with Gasteiger partial charge in [-0.15, -0.1) is 11.3 Å². The van der Waals surface area contributed by atoms with Gasteiger partial charge >= 0.3 is 0 Å². The topological polar surface area (TPSA) is 37.8 Å². The maximum absolute atomic E-state index is 4.29. The number of nitrogens with zero attached hydrogens (tertiary/aromatic N) is 2. The molecule has 3 nitrogen and oxygen atoms in total. The van der Waals surface area contributed by atoms with Gasteiger partial charge in [-0.1, -0.05) is 6.07 Å². The van der Waals surface area contributed by atoms with E-state index in [1.165, 1.54) is 3.57 Å². The van der Waals surface area contributed by atoms with Crippen LogP contribution in [0.25, 0.3) is 10.2 Å². The highest BCUT2D eigenvalue weighted by atomic mass is 127. The van der Waals surface area contributed by atoms with Crippen molar-refractivity contribution in [2.24, 2.45) is 0 Å². The first-order valence-corrected chi connectivity index (χ1v) is 6.99. The lowest BCUT2D eigenvalue weighted by Crippen LogP contribution is -1.94. The molecule has 5 heteroatoms. The van der Waals surface area contributed by atoms with Crippen LogP contribution in [0.1, 0.15) is 0 Å². The van der Waals surface area contributed by atoms with Crippen LogP contribution in [-0.4, -0.2) is 9.97 Å². The monoisotopic (exact) mass is 353 g/mol. The number of anilines is 2. The van der Waals surface area contributed by atoms with Gasteiger partial charge in [-0.2, -0.15) is 0 Å². The zero-order chi connectivity index (χ0) is 11.7. The van der Waals surface area contributed by atoms with Gasteiger partial charge in [-0.25, -0.2) is 9.97 Å². The van der Waals surface area contributed by atoms with Crippen molar-refractivity contribution in [2.75, 3.05) is 5.32 Å². The first-order valence-electron chi connectivity index (χ1n) is 5.04. The Kier molecular flexibility index (Phi) is 2.94. The van der Waals surface area contributed by atoms with Crippen LogP contribution in [0.15, 0.2) is 42.0 Å². The van der Waals surface area contributed by atoms with Crippen LogP contribution in [0.3, 0.4) is 0 Å². The summed E-state index contributed by atoms with van der Waals surface area (Å²) in [6.07, 6.45) is 1.59. The number of nitrogens with one attached hydrogen (secondary N) is 1. The van der Waals surface area contributed by atoms with Gasteiger partial charge in [-0.05, 0) is 52.2 Å². The first-order chi connectivity index (χ1) is 8.33. The first kappa shape index (κ1) is 10.9. The minimum Gasteiger partial charge on any atom is -0.340 e. The Labute approximate surface area is 116 Å². The largest absolute Gasteiger partial charge is 0.340 e. The van der Waals surface area contributed by atoms with Crippen LogP contribution >= 0.6 is 33.9 Å². The molecule has 3 aromatic rings. The van der Waals surface area contributed by atoms with E-state index >= 15 is 0 Å². The summed E-state index contributed by atoms with van der Waals surface area (Å²) in [5, 5.41) is 6.42. The maximum Gasteiger partial charge on any atom is 0.142 e. The zero-order valence-electron chi connectivity index (χ0n) is 8.72.